The lowest BCUT2D eigenvalue weighted by Crippen LogP contribution is -2.25. The summed E-state index contributed by atoms with van der Waals surface area (Å²) in [6.07, 6.45) is -8.12. The highest BCUT2D eigenvalue weighted by atomic mass is 31.2. The molecule has 0 atom stereocenters. The van der Waals surface area contributed by atoms with Crippen LogP contribution < -0.4 is 30.1 Å². The molecule has 38 heavy (non-hydrogen) atoms. The van der Waals surface area contributed by atoms with Gasteiger partial charge in [-0.1, -0.05) is 0 Å². The molecule has 0 fully saturated rings. The molecule has 0 bridgehead atoms. The zero-order valence-electron chi connectivity index (χ0n) is 18.4. The van der Waals surface area contributed by atoms with Crippen molar-refractivity contribution in [3.8, 4) is 17.2 Å². The molecule has 3 aromatic rings. The maximum atomic E-state index is 14.4. The molecule has 0 N–H and O–H groups in total. The summed E-state index contributed by atoms with van der Waals surface area (Å²) >= 11 is 0. The summed E-state index contributed by atoms with van der Waals surface area (Å²) < 4.78 is 141. The Hall–Kier alpha value is -4.12. The molecular formula is C24H12F9O4P. The fraction of sp³-hybridized carbons (Fsp3) is 0. The predicted octanol–water partition coefficient (Wildman–Crippen LogP) is 7.57. The lowest BCUT2D eigenvalue weighted by atomic mass is 10.3. The van der Waals surface area contributed by atoms with Crippen molar-refractivity contribution in [3.05, 3.63) is 109 Å². The van der Waals surface area contributed by atoms with Crippen molar-refractivity contribution in [1.82, 2.24) is 0 Å². The maximum Gasteiger partial charge on any atom is 0.344 e. The van der Waals surface area contributed by atoms with Crippen LogP contribution in [0.25, 0.3) is 0 Å². The van der Waals surface area contributed by atoms with Gasteiger partial charge in [0.1, 0.15) is 17.2 Å². The van der Waals surface area contributed by atoms with Crippen LogP contribution in [0.2, 0.25) is 0 Å². The summed E-state index contributed by atoms with van der Waals surface area (Å²) in [5, 5.41) is 0.0807. The first-order valence-electron chi connectivity index (χ1n) is 9.99. The van der Waals surface area contributed by atoms with Crippen molar-refractivity contribution >= 4 is 23.1 Å². The van der Waals surface area contributed by atoms with Crippen LogP contribution in [0.5, 0.6) is 17.2 Å². The van der Waals surface area contributed by atoms with Gasteiger partial charge in [0.2, 0.25) is 0 Å². The van der Waals surface area contributed by atoms with E-state index in [1.165, 1.54) is 0 Å². The first-order valence-corrected chi connectivity index (χ1v) is 11.7. The molecule has 14 heteroatoms. The molecule has 0 saturated heterocycles. The standard InChI is InChI=1S/C24H12F9O4P/c25-19(26)22(31)35-13-1-7-16(8-2-13)38(34,17-9-3-14(4-10-17)36-23(32)20(27)28)18-11-5-15(6-12-18)37-24(33)21(29)30/h1-12H. The fourth-order valence-corrected chi connectivity index (χ4v) is 5.65. The Kier molecular flexibility index (Phi) is 8.95. The summed E-state index contributed by atoms with van der Waals surface area (Å²) in [5.41, 5.74) is 0. The van der Waals surface area contributed by atoms with E-state index in [1.54, 1.807) is 0 Å². The average Bonchev–Trinajstić information content (AvgIpc) is 2.89. The van der Waals surface area contributed by atoms with Crippen molar-refractivity contribution < 1.29 is 58.3 Å². The first-order chi connectivity index (χ1) is 17.9. The third-order valence-corrected chi connectivity index (χ3v) is 7.75. The topological polar surface area (TPSA) is 44.8 Å². The van der Waals surface area contributed by atoms with E-state index in [-0.39, 0.29) is 33.2 Å². The number of halogens is 9. The van der Waals surface area contributed by atoms with Crippen molar-refractivity contribution in [3.63, 3.8) is 0 Å². The van der Waals surface area contributed by atoms with Gasteiger partial charge in [0.05, 0.1) is 0 Å². The monoisotopic (exact) mass is 566 g/mol. The lowest BCUT2D eigenvalue weighted by molar-refractivity contribution is 0.241. The molecule has 0 saturated carbocycles. The normalized spacial score (nSPS) is 10.9. The predicted molar refractivity (Wildman–Crippen MR) is 119 cm³/mol. The molecule has 3 rings (SSSR count). The highest BCUT2D eigenvalue weighted by Gasteiger charge is 2.30. The van der Waals surface area contributed by atoms with Crippen molar-refractivity contribution in [1.29, 1.82) is 0 Å². The second kappa shape index (κ2) is 12.0. The Morgan fingerprint density at radius 2 is 0.632 bits per heavy atom. The van der Waals surface area contributed by atoms with Gasteiger partial charge < -0.3 is 18.8 Å². The summed E-state index contributed by atoms with van der Waals surface area (Å²) in [4.78, 5) is 0. The summed E-state index contributed by atoms with van der Waals surface area (Å²) in [5.74, 6) is -1.11. The minimum absolute atomic E-state index is 0.0269. The fourth-order valence-electron chi connectivity index (χ4n) is 3.05. The summed E-state index contributed by atoms with van der Waals surface area (Å²) in [6.45, 7) is 0. The Morgan fingerprint density at radius 1 is 0.421 bits per heavy atom. The largest absolute Gasteiger partial charge is 0.428 e. The van der Waals surface area contributed by atoms with Crippen LogP contribution in [0.15, 0.2) is 109 Å². The zero-order valence-corrected chi connectivity index (χ0v) is 19.3. The zero-order chi connectivity index (χ0) is 28.0. The van der Waals surface area contributed by atoms with E-state index in [0.29, 0.717) is 0 Å². The third-order valence-electron chi connectivity index (χ3n) is 4.67. The molecule has 200 valence electrons. The highest BCUT2D eigenvalue weighted by Crippen LogP contribution is 2.43. The average molecular weight is 566 g/mol. The third kappa shape index (κ3) is 6.60. The van der Waals surface area contributed by atoms with Crippen LogP contribution in [-0.2, 0) is 4.57 Å². The Morgan fingerprint density at radius 3 is 0.816 bits per heavy atom. The van der Waals surface area contributed by atoms with Gasteiger partial charge in [0.15, 0.2) is 7.14 Å². The van der Waals surface area contributed by atoms with Crippen LogP contribution in [0, 0.1) is 0 Å². The minimum atomic E-state index is -3.92. The van der Waals surface area contributed by atoms with E-state index in [0.717, 1.165) is 72.8 Å². The van der Waals surface area contributed by atoms with Crippen LogP contribution in [0.4, 0.5) is 39.5 Å². The van der Waals surface area contributed by atoms with E-state index in [1.807, 2.05) is 0 Å². The lowest BCUT2D eigenvalue weighted by Gasteiger charge is -2.21. The molecule has 0 aliphatic rings. The molecule has 0 spiro atoms. The van der Waals surface area contributed by atoms with E-state index < -0.39 is 43.4 Å². The molecule has 0 aliphatic heterocycles. The van der Waals surface area contributed by atoms with Crippen molar-refractivity contribution in [2.24, 2.45) is 0 Å². The van der Waals surface area contributed by atoms with Gasteiger partial charge >= 0.3 is 36.3 Å². The van der Waals surface area contributed by atoms with Gasteiger partial charge in [-0.25, -0.2) is 0 Å². The highest BCUT2D eigenvalue weighted by molar-refractivity contribution is 7.85. The van der Waals surface area contributed by atoms with Gasteiger partial charge in [0.25, 0.3) is 0 Å². The first kappa shape index (κ1) is 28.5. The van der Waals surface area contributed by atoms with E-state index in [9.17, 15) is 44.1 Å². The number of hydrogen-bond acceptors (Lipinski definition) is 4. The minimum Gasteiger partial charge on any atom is -0.428 e. The molecule has 0 unspecified atom stereocenters. The van der Waals surface area contributed by atoms with Crippen LogP contribution in [0.3, 0.4) is 0 Å². The van der Waals surface area contributed by atoms with Gasteiger partial charge in [-0.2, -0.15) is 39.5 Å². The van der Waals surface area contributed by atoms with Crippen LogP contribution in [0.1, 0.15) is 0 Å². The van der Waals surface area contributed by atoms with Crippen LogP contribution in [-0.4, -0.2) is 0 Å². The number of ether oxygens (including phenoxy) is 3. The SMILES string of the molecule is O=P(c1ccc(OC(F)=C(F)F)cc1)(c1ccc(OC(F)=C(F)F)cc1)c1ccc(OC(F)=C(F)F)cc1. The molecule has 0 amide bonds. The smallest absolute Gasteiger partial charge is 0.344 e. The molecule has 4 nitrogen and oxygen atoms in total. The molecule has 0 heterocycles. The van der Waals surface area contributed by atoms with Crippen molar-refractivity contribution in [2.75, 3.05) is 0 Å². The Labute approximate surface area is 208 Å². The number of hydrogen-bond donors (Lipinski definition) is 0. The quantitative estimate of drug-likeness (QED) is 0.152. The summed E-state index contributed by atoms with van der Waals surface area (Å²) in [6, 6.07) is 6.74. The maximum absolute atomic E-state index is 14.4. The second-order valence-electron chi connectivity index (χ2n) is 7.00. The molecule has 0 radical (unpaired) electrons. The van der Waals surface area contributed by atoms with Gasteiger partial charge in [-0.3, -0.25) is 0 Å². The van der Waals surface area contributed by atoms with Crippen molar-refractivity contribution in [2.45, 2.75) is 0 Å². The second-order valence-corrected chi connectivity index (χ2v) is 9.77. The Bertz CT molecular complexity index is 1250. The molecule has 0 aliphatic carbocycles. The van der Waals surface area contributed by atoms with Gasteiger partial charge in [-0.05, 0) is 72.8 Å². The van der Waals surface area contributed by atoms with E-state index in [4.69, 9.17) is 0 Å². The van der Waals surface area contributed by atoms with Gasteiger partial charge in [-0.15, -0.1) is 0 Å². The van der Waals surface area contributed by atoms with E-state index in [2.05, 4.69) is 14.2 Å². The van der Waals surface area contributed by atoms with Gasteiger partial charge in [0, 0.05) is 15.9 Å². The Balaban J connectivity index is 2.06. The van der Waals surface area contributed by atoms with E-state index >= 15 is 0 Å². The van der Waals surface area contributed by atoms with Crippen LogP contribution >= 0.6 is 7.14 Å². The molecule has 0 aromatic heterocycles. The number of rotatable bonds is 9. The molecular weight excluding hydrogens is 554 g/mol. The molecule has 3 aromatic carbocycles. The summed E-state index contributed by atoms with van der Waals surface area (Å²) in [7, 11) is -3.92. The number of benzene rings is 3.